The van der Waals surface area contributed by atoms with Crippen LogP contribution in [0.3, 0.4) is 0 Å². The third-order valence-corrected chi connectivity index (χ3v) is 3.62. The lowest BCUT2D eigenvalue weighted by Gasteiger charge is -2.23. The summed E-state index contributed by atoms with van der Waals surface area (Å²) in [4.78, 5) is 10.6. The smallest absolute Gasteiger partial charge is 0.217 e. The van der Waals surface area contributed by atoms with Crippen LogP contribution in [0.1, 0.15) is 49.4 Å². The minimum absolute atomic E-state index is 0.206. The number of nitrogens with zero attached hydrogens (tertiary/aromatic N) is 2. The first-order valence-electron chi connectivity index (χ1n) is 6.71. The summed E-state index contributed by atoms with van der Waals surface area (Å²) in [5, 5.41) is 7.89. The van der Waals surface area contributed by atoms with E-state index in [4.69, 9.17) is 5.73 Å². The second kappa shape index (κ2) is 6.00. The molecule has 0 bridgehead atoms. The summed E-state index contributed by atoms with van der Waals surface area (Å²) in [5.41, 5.74) is 7.82. The van der Waals surface area contributed by atoms with Crippen LogP contribution >= 0.6 is 0 Å². The van der Waals surface area contributed by atoms with Gasteiger partial charge in [0.2, 0.25) is 5.91 Å². The minimum Gasteiger partial charge on any atom is -0.370 e. The van der Waals surface area contributed by atoms with Gasteiger partial charge >= 0.3 is 0 Å². The maximum atomic E-state index is 10.6. The maximum absolute atomic E-state index is 10.6. The van der Waals surface area contributed by atoms with Crippen molar-refractivity contribution in [3.8, 4) is 0 Å². The van der Waals surface area contributed by atoms with Crippen molar-refractivity contribution < 1.29 is 4.79 Å². The molecule has 0 saturated carbocycles. The Hall–Kier alpha value is -1.36. The first kappa shape index (κ1) is 13.1. The van der Waals surface area contributed by atoms with Crippen LogP contribution in [0.5, 0.6) is 0 Å². The lowest BCUT2D eigenvalue weighted by atomic mass is 9.93. The van der Waals surface area contributed by atoms with Crippen molar-refractivity contribution in [3.63, 3.8) is 0 Å². The van der Waals surface area contributed by atoms with Gasteiger partial charge in [0.1, 0.15) is 0 Å². The minimum atomic E-state index is -0.206. The Kier molecular flexibility index (Phi) is 4.36. The van der Waals surface area contributed by atoms with E-state index in [1.807, 2.05) is 17.9 Å². The topological polar surface area (TPSA) is 72.9 Å². The van der Waals surface area contributed by atoms with Gasteiger partial charge in [0.25, 0.3) is 0 Å². The molecule has 1 heterocycles. The molecule has 5 heteroatoms. The van der Waals surface area contributed by atoms with Gasteiger partial charge in [-0.1, -0.05) is 0 Å². The van der Waals surface area contributed by atoms with E-state index in [9.17, 15) is 4.79 Å². The van der Waals surface area contributed by atoms with E-state index in [2.05, 4.69) is 10.4 Å². The molecule has 1 aliphatic rings. The molecule has 0 saturated heterocycles. The van der Waals surface area contributed by atoms with Gasteiger partial charge in [-0.15, -0.1) is 0 Å². The fourth-order valence-electron chi connectivity index (χ4n) is 2.62. The first-order chi connectivity index (χ1) is 8.68. The number of hydrogen-bond acceptors (Lipinski definition) is 3. The lowest BCUT2D eigenvalue weighted by Crippen LogP contribution is -2.26. The molecule has 1 aromatic heterocycles. The first-order valence-corrected chi connectivity index (χ1v) is 6.71. The molecule has 1 amide bonds. The molecular formula is C13H22N4O. The maximum Gasteiger partial charge on any atom is 0.217 e. The Bertz CT molecular complexity index is 413. The number of amides is 1. The van der Waals surface area contributed by atoms with Crippen molar-refractivity contribution in [2.24, 2.45) is 12.8 Å². The van der Waals surface area contributed by atoms with Gasteiger partial charge in [0.15, 0.2) is 0 Å². The number of nitrogens with one attached hydrogen (secondary N) is 1. The number of unbranched alkanes of at least 4 members (excludes halogenated alkanes) is 1. The van der Waals surface area contributed by atoms with E-state index in [-0.39, 0.29) is 5.91 Å². The standard InChI is InChI=1S/C13H22N4O/c1-17-12-6-4-5-11(10(12)9-16-17)15-8-3-2-7-13(14)18/h9,11,15H,2-8H2,1H3,(H2,14,18). The second-order valence-corrected chi connectivity index (χ2v) is 4.99. The predicted octanol–water partition coefficient (Wildman–Crippen LogP) is 1.04. The molecule has 2 rings (SSSR count). The number of primary amides is 1. The molecule has 0 radical (unpaired) electrons. The summed E-state index contributed by atoms with van der Waals surface area (Å²) in [6.45, 7) is 0.937. The highest BCUT2D eigenvalue weighted by Gasteiger charge is 2.22. The van der Waals surface area contributed by atoms with Gasteiger partial charge in [-0.25, -0.2) is 0 Å². The van der Waals surface area contributed by atoms with Crippen LogP contribution in [-0.4, -0.2) is 22.2 Å². The van der Waals surface area contributed by atoms with Crippen molar-refractivity contribution in [2.75, 3.05) is 6.54 Å². The normalized spacial score (nSPS) is 18.6. The monoisotopic (exact) mass is 250 g/mol. The fourth-order valence-corrected chi connectivity index (χ4v) is 2.62. The number of aryl methyl sites for hydroxylation is 1. The summed E-state index contributed by atoms with van der Waals surface area (Å²) in [5.74, 6) is -0.206. The van der Waals surface area contributed by atoms with Crippen LogP contribution in [0.15, 0.2) is 6.20 Å². The van der Waals surface area contributed by atoms with Crippen molar-refractivity contribution >= 4 is 5.91 Å². The number of rotatable bonds is 6. The molecule has 0 fully saturated rings. The molecule has 1 atom stereocenters. The Labute approximate surface area is 108 Å². The third-order valence-electron chi connectivity index (χ3n) is 3.62. The number of carbonyl (C=O) groups excluding carboxylic acids is 1. The second-order valence-electron chi connectivity index (χ2n) is 4.99. The van der Waals surface area contributed by atoms with Gasteiger partial charge < -0.3 is 11.1 Å². The fraction of sp³-hybridized carbons (Fsp3) is 0.692. The number of hydrogen-bond donors (Lipinski definition) is 2. The summed E-state index contributed by atoms with van der Waals surface area (Å²) in [6, 6.07) is 0.427. The van der Waals surface area contributed by atoms with Gasteiger partial charge in [0.05, 0.1) is 6.20 Å². The SMILES string of the molecule is Cn1ncc2c1CCCC2NCCCCC(N)=O. The zero-order valence-electron chi connectivity index (χ0n) is 11.0. The zero-order chi connectivity index (χ0) is 13.0. The molecule has 100 valence electrons. The van der Waals surface area contributed by atoms with E-state index in [0.717, 1.165) is 25.8 Å². The molecule has 0 spiro atoms. The van der Waals surface area contributed by atoms with Gasteiger partial charge in [-0.2, -0.15) is 5.10 Å². The molecule has 3 N–H and O–H groups in total. The molecule has 1 aromatic rings. The summed E-state index contributed by atoms with van der Waals surface area (Å²) in [6.07, 6.45) is 7.86. The van der Waals surface area contributed by atoms with E-state index >= 15 is 0 Å². The highest BCUT2D eigenvalue weighted by atomic mass is 16.1. The van der Waals surface area contributed by atoms with E-state index < -0.39 is 0 Å². The van der Waals surface area contributed by atoms with Gasteiger partial charge in [-0.05, 0) is 38.6 Å². The Balaban J connectivity index is 1.79. The Morgan fingerprint density at radius 2 is 2.44 bits per heavy atom. The Morgan fingerprint density at radius 1 is 1.61 bits per heavy atom. The molecule has 18 heavy (non-hydrogen) atoms. The van der Waals surface area contributed by atoms with Crippen molar-refractivity contribution in [1.29, 1.82) is 0 Å². The average Bonchev–Trinajstić information content (AvgIpc) is 2.71. The van der Waals surface area contributed by atoms with Gasteiger partial charge in [-0.3, -0.25) is 9.48 Å². The van der Waals surface area contributed by atoms with Crippen LogP contribution < -0.4 is 11.1 Å². The molecule has 0 aliphatic heterocycles. The zero-order valence-corrected chi connectivity index (χ0v) is 11.0. The molecule has 1 aliphatic carbocycles. The van der Waals surface area contributed by atoms with Crippen molar-refractivity contribution in [2.45, 2.75) is 44.6 Å². The summed E-state index contributed by atoms with van der Waals surface area (Å²) >= 11 is 0. The van der Waals surface area contributed by atoms with Crippen molar-refractivity contribution in [3.05, 3.63) is 17.5 Å². The van der Waals surface area contributed by atoms with Crippen LogP contribution in [-0.2, 0) is 18.3 Å². The quantitative estimate of drug-likeness (QED) is 0.741. The highest BCUT2D eigenvalue weighted by Crippen LogP contribution is 2.28. The number of carbonyl (C=O) groups is 1. The lowest BCUT2D eigenvalue weighted by molar-refractivity contribution is -0.118. The van der Waals surface area contributed by atoms with Crippen LogP contribution in [0.4, 0.5) is 0 Å². The summed E-state index contributed by atoms with van der Waals surface area (Å²) in [7, 11) is 2.01. The molecule has 1 unspecified atom stereocenters. The van der Waals surface area contributed by atoms with Crippen LogP contribution in [0.25, 0.3) is 0 Å². The number of nitrogens with two attached hydrogens (primary N) is 1. The highest BCUT2D eigenvalue weighted by molar-refractivity contribution is 5.73. The third kappa shape index (κ3) is 3.10. The largest absolute Gasteiger partial charge is 0.370 e. The number of aromatic nitrogens is 2. The van der Waals surface area contributed by atoms with E-state index in [1.54, 1.807) is 0 Å². The van der Waals surface area contributed by atoms with Crippen molar-refractivity contribution in [1.82, 2.24) is 15.1 Å². The summed E-state index contributed by atoms with van der Waals surface area (Å²) < 4.78 is 1.98. The van der Waals surface area contributed by atoms with E-state index in [1.165, 1.54) is 24.1 Å². The van der Waals surface area contributed by atoms with E-state index in [0.29, 0.717) is 12.5 Å². The average molecular weight is 250 g/mol. The number of fused-ring (bicyclic) bond motifs is 1. The molecular weight excluding hydrogens is 228 g/mol. The van der Waals surface area contributed by atoms with Gasteiger partial charge in [0, 0.05) is 30.8 Å². The molecule has 5 nitrogen and oxygen atoms in total. The van der Waals surface area contributed by atoms with Crippen LogP contribution in [0.2, 0.25) is 0 Å². The van der Waals surface area contributed by atoms with Crippen LogP contribution in [0, 0.1) is 0 Å². The Morgan fingerprint density at radius 3 is 3.22 bits per heavy atom. The molecule has 0 aromatic carbocycles. The predicted molar refractivity (Wildman–Crippen MR) is 69.9 cm³/mol.